The molecule has 0 aromatic heterocycles. The highest BCUT2D eigenvalue weighted by atomic mass is 16.1. The summed E-state index contributed by atoms with van der Waals surface area (Å²) in [7, 11) is 1.65. The second kappa shape index (κ2) is 14.9. The van der Waals surface area contributed by atoms with Gasteiger partial charge in [0.15, 0.2) is 5.78 Å². The van der Waals surface area contributed by atoms with Crippen LogP contribution in [0, 0.1) is 0 Å². The van der Waals surface area contributed by atoms with Crippen LogP contribution >= 0.6 is 0 Å². The van der Waals surface area contributed by atoms with E-state index in [-0.39, 0.29) is 5.78 Å². The SMILES string of the molecule is C=C(C)/C(=C/C(=NC)c1cccc(C=O)c1)C(C)=O.C=C/C(=C\C=C(\C)CC)CC. The van der Waals surface area contributed by atoms with Gasteiger partial charge in [0.05, 0.1) is 5.71 Å². The van der Waals surface area contributed by atoms with Crippen LogP contribution in [0.4, 0.5) is 0 Å². The van der Waals surface area contributed by atoms with Gasteiger partial charge in [0.1, 0.15) is 6.29 Å². The highest BCUT2D eigenvalue weighted by Crippen LogP contribution is 2.13. The van der Waals surface area contributed by atoms with Crippen LogP contribution in [0.1, 0.15) is 63.4 Å². The zero-order chi connectivity index (χ0) is 23.1. The molecule has 30 heavy (non-hydrogen) atoms. The van der Waals surface area contributed by atoms with Gasteiger partial charge in [-0.25, -0.2) is 0 Å². The molecule has 0 fully saturated rings. The van der Waals surface area contributed by atoms with E-state index in [0.717, 1.165) is 24.7 Å². The Bertz CT molecular complexity index is 864. The Morgan fingerprint density at radius 3 is 2.20 bits per heavy atom. The minimum absolute atomic E-state index is 0.0554. The van der Waals surface area contributed by atoms with E-state index in [1.54, 1.807) is 38.2 Å². The van der Waals surface area contributed by atoms with E-state index in [4.69, 9.17) is 0 Å². The number of aldehydes is 1. The highest BCUT2D eigenvalue weighted by molar-refractivity contribution is 6.14. The molecule has 0 amide bonds. The summed E-state index contributed by atoms with van der Waals surface area (Å²) in [5.41, 5.74) is 5.98. The number of aliphatic imine (C=N–C) groups is 1. The Labute approximate surface area is 182 Å². The third-order valence-electron chi connectivity index (χ3n) is 4.49. The van der Waals surface area contributed by atoms with Gasteiger partial charge in [0.2, 0.25) is 0 Å². The molecule has 0 aliphatic heterocycles. The molecular formula is C27H35NO2. The number of ketones is 1. The van der Waals surface area contributed by atoms with Gasteiger partial charge in [0, 0.05) is 23.7 Å². The van der Waals surface area contributed by atoms with Gasteiger partial charge in [-0.2, -0.15) is 0 Å². The van der Waals surface area contributed by atoms with Crippen LogP contribution in [0.2, 0.25) is 0 Å². The van der Waals surface area contributed by atoms with E-state index in [0.29, 0.717) is 22.4 Å². The average Bonchev–Trinajstić information content (AvgIpc) is 2.74. The van der Waals surface area contributed by atoms with Crippen molar-refractivity contribution >= 4 is 17.8 Å². The molecule has 1 aromatic rings. The van der Waals surface area contributed by atoms with Crippen LogP contribution in [-0.4, -0.2) is 24.8 Å². The lowest BCUT2D eigenvalue weighted by atomic mass is 10.00. The van der Waals surface area contributed by atoms with Gasteiger partial charge in [0.25, 0.3) is 0 Å². The number of hydrogen-bond acceptors (Lipinski definition) is 3. The van der Waals surface area contributed by atoms with Gasteiger partial charge in [-0.05, 0) is 56.9 Å². The summed E-state index contributed by atoms with van der Waals surface area (Å²) in [4.78, 5) is 26.5. The molecule has 1 aromatic carbocycles. The van der Waals surface area contributed by atoms with E-state index in [1.807, 2.05) is 12.1 Å². The van der Waals surface area contributed by atoms with E-state index in [2.05, 4.69) is 51.1 Å². The predicted molar refractivity (Wildman–Crippen MR) is 130 cm³/mol. The topological polar surface area (TPSA) is 46.5 Å². The minimum atomic E-state index is -0.0554. The van der Waals surface area contributed by atoms with Crippen LogP contribution in [0.5, 0.6) is 0 Å². The summed E-state index contributed by atoms with van der Waals surface area (Å²) < 4.78 is 0. The summed E-state index contributed by atoms with van der Waals surface area (Å²) in [6.45, 7) is 17.3. The number of Topliss-reactive ketones (excluding diaryl/α,β-unsaturated/α-hetero) is 1. The van der Waals surface area contributed by atoms with Crippen molar-refractivity contribution in [1.29, 1.82) is 0 Å². The van der Waals surface area contributed by atoms with Crippen molar-refractivity contribution in [2.45, 2.75) is 47.5 Å². The predicted octanol–water partition coefficient (Wildman–Crippen LogP) is 6.87. The van der Waals surface area contributed by atoms with E-state index >= 15 is 0 Å². The molecule has 0 saturated heterocycles. The van der Waals surface area contributed by atoms with Gasteiger partial charge < -0.3 is 0 Å². The zero-order valence-corrected chi connectivity index (χ0v) is 19.3. The monoisotopic (exact) mass is 405 g/mol. The first-order valence-corrected chi connectivity index (χ1v) is 10.1. The average molecular weight is 406 g/mol. The third-order valence-corrected chi connectivity index (χ3v) is 4.49. The smallest absolute Gasteiger partial charge is 0.160 e. The summed E-state index contributed by atoms with van der Waals surface area (Å²) >= 11 is 0. The molecule has 0 radical (unpaired) electrons. The lowest BCUT2D eigenvalue weighted by molar-refractivity contribution is -0.113. The summed E-state index contributed by atoms with van der Waals surface area (Å²) in [6, 6.07) is 7.09. The van der Waals surface area contributed by atoms with Crippen LogP contribution < -0.4 is 0 Å². The number of hydrogen-bond donors (Lipinski definition) is 0. The summed E-state index contributed by atoms with van der Waals surface area (Å²) in [5, 5.41) is 0. The van der Waals surface area contributed by atoms with Crippen molar-refractivity contribution < 1.29 is 9.59 Å². The summed E-state index contributed by atoms with van der Waals surface area (Å²) in [6.07, 6.45) is 10.9. The minimum Gasteiger partial charge on any atom is -0.298 e. The molecule has 0 bridgehead atoms. The highest BCUT2D eigenvalue weighted by Gasteiger charge is 2.08. The molecule has 0 unspecified atom stereocenters. The van der Waals surface area contributed by atoms with Crippen molar-refractivity contribution in [3.05, 3.63) is 95.1 Å². The Hall–Kier alpha value is -3.07. The zero-order valence-electron chi connectivity index (χ0n) is 19.3. The number of allylic oxidation sites excluding steroid dienone is 8. The number of rotatable bonds is 9. The molecule has 1 rings (SSSR count). The van der Waals surface area contributed by atoms with Crippen LogP contribution in [-0.2, 0) is 4.79 Å². The maximum atomic E-state index is 11.6. The molecule has 0 spiro atoms. The van der Waals surface area contributed by atoms with Gasteiger partial charge in [-0.15, -0.1) is 0 Å². The molecule has 3 heteroatoms. The Morgan fingerprint density at radius 2 is 1.77 bits per heavy atom. The molecule has 0 N–H and O–H groups in total. The molecular weight excluding hydrogens is 370 g/mol. The van der Waals surface area contributed by atoms with Crippen molar-refractivity contribution in [3.8, 4) is 0 Å². The molecule has 0 saturated carbocycles. The second-order valence-electron chi connectivity index (χ2n) is 6.91. The first kappa shape index (κ1) is 26.9. The first-order chi connectivity index (χ1) is 14.2. The second-order valence-corrected chi connectivity index (χ2v) is 6.91. The Kier molecular flexibility index (Phi) is 13.3. The maximum Gasteiger partial charge on any atom is 0.160 e. The van der Waals surface area contributed by atoms with E-state index in [9.17, 15) is 9.59 Å². The fourth-order valence-electron chi connectivity index (χ4n) is 2.41. The van der Waals surface area contributed by atoms with E-state index < -0.39 is 0 Å². The molecule has 0 heterocycles. The lowest BCUT2D eigenvalue weighted by Crippen LogP contribution is -2.04. The Morgan fingerprint density at radius 1 is 1.10 bits per heavy atom. The van der Waals surface area contributed by atoms with Gasteiger partial charge >= 0.3 is 0 Å². The lowest BCUT2D eigenvalue weighted by Gasteiger charge is -2.06. The summed E-state index contributed by atoms with van der Waals surface area (Å²) in [5.74, 6) is -0.0554. The fraction of sp³-hybridized carbons (Fsp3) is 0.296. The molecule has 3 nitrogen and oxygen atoms in total. The third kappa shape index (κ3) is 9.92. The standard InChI is InChI=1S/C16H17NO2.C11H18/c1-11(2)15(12(3)19)9-16(17-4)14-7-5-6-13(8-14)10-18;1-5-10(4)8-9-11(6-2)7-3/h5-10H,1H2,2-4H3;6,8-9H,2,5,7H2,1,3-4H3/b15-9-,17-16?;10-8-,11-9+. The van der Waals surface area contributed by atoms with Crippen LogP contribution in [0.15, 0.2) is 89.0 Å². The first-order valence-electron chi connectivity index (χ1n) is 10.1. The molecule has 0 atom stereocenters. The van der Waals surface area contributed by atoms with Gasteiger partial charge in [-0.3, -0.25) is 14.6 Å². The normalized spacial score (nSPS) is 12.6. The van der Waals surface area contributed by atoms with Crippen LogP contribution in [0.25, 0.3) is 0 Å². The quantitative estimate of drug-likeness (QED) is 0.195. The number of carbonyl (C=O) groups excluding carboxylic acids is 2. The molecule has 0 aliphatic rings. The van der Waals surface area contributed by atoms with Crippen LogP contribution in [0.3, 0.4) is 0 Å². The van der Waals surface area contributed by atoms with Gasteiger partial charge in [-0.1, -0.05) is 69.0 Å². The number of benzene rings is 1. The van der Waals surface area contributed by atoms with Crippen molar-refractivity contribution in [2.75, 3.05) is 7.05 Å². The molecule has 160 valence electrons. The van der Waals surface area contributed by atoms with E-state index in [1.165, 1.54) is 18.1 Å². The largest absolute Gasteiger partial charge is 0.298 e. The maximum absolute atomic E-state index is 11.6. The Balaban J connectivity index is 0.000000654. The number of carbonyl (C=O) groups is 2. The number of nitrogens with zero attached hydrogens (tertiary/aromatic N) is 1. The van der Waals surface area contributed by atoms with Crippen molar-refractivity contribution in [3.63, 3.8) is 0 Å². The van der Waals surface area contributed by atoms with Crippen molar-refractivity contribution in [1.82, 2.24) is 0 Å². The fourth-order valence-corrected chi connectivity index (χ4v) is 2.41. The molecule has 0 aliphatic carbocycles. The van der Waals surface area contributed by atoms with Crippen molar-refractivity contribution in [2.24, 2.45) is 4.99 Å².